The Kier molecular flexibility index (Phi) is 5.83. The van der Waals surface area contributed by atoms with Gasteiger partial charge in [0, 0.05) is 26.8 Å². The Morgan fingerprint density at radius 3 is 2.63 bits per heavy atom. The fraction of sp³-hybridized carbons (Fsp3) is 0.150. The number of amides is 2. The number of nitrogens with zero attached hydrogens (tertiary/aromatic N) is 2. The lowest BCUT2D eigenvalue weighted by atomic mass is 10.1. The van der Waals surface area contributed by atoms with Crippen LogP contribution in [-0.4, -0.2) is 30.9 Å². The predicted molar refractivity (Wildman–Crippen MR) is 108 cm³/mol. The molecular formula is C20H20N4O2S. The summed E-state index contributed by atoms with van der Waals surface area (Å²) in [6.07, 6.45) is 1.71. The van der Waals surface area contributed by atoms with Crippen LogP contribution >= 0.6 is 11.3 Å². The van der Waals surface area contributed by atoms with Gasteiger partial charge in [-0.1, -0.05) is 18.2 Å². The van der Waals surface area contributed by atoms with Crippen molar-refractivity contribution >= 4 is 34.7 Å². The highest BCUT2D eigenvalue weighted by molar-refractivity contribution is 7.12. The molecule has 2 heterocycles. The van der Waals surface area contributed by atoms with Gasteiger partial charge in [0.1, 0.15) is 5.82 Å². The van der Waals surface area contributed by atoms with Crippen LogP contribution in [0.25, 0.3) is 0 Å². The van der Waals surface area contributed by atoms with E-state index in [9.17, 15) is 9.59 Å². The molecule has 0 unspecified atom stereocenters. The topological polar surface area (TPSA) is 74.3 Å². The number of nitrogens with one attached hydrogen (secondary N) is 2. The average Bonchev–Trinajstić information content (AvgIpc) is 3.22. The van der Waals surface area contributed by atoms with Gasteiger partial charge in [-0.3, -0.25) is 9.59 Å². The lowest BCUT2D eigenvalue weighted by Gasteiger charge is -2.13. The van der Waals surface area contributed by atoms with E-state index in [1.807, 2.05) is 42.6 Å². The molecule has 0 saturated heterocycles. The zero-order valence-electron chi connectivity index (χ0n) is 15.1. The molecule has 0 spiro atoms. The number of hydrogen-bond donors (Lipinski definition) is 2. The molecule has 6 nitrogen and oxygen atoms in total. The molecular weight excluding hydrogens is 360 g/mol. The Labute approximate surface area is 161 Å². The first-order valence-corrected chi connectivity index (χ1v) is 9.27. The second kappa shape index (κ2) is 8.46. The highest BCUT2D eigenvalue weighted by atomic mass is 32.1. The molecule has 2 N–H and O–H groups in total. The minimum atomic E-state index is -0.250. The van der Waals surface area contributed by atoms with Gasteiger partial charge in [0.25, 0.3) is 11.8 Å². The molecule has 138 valence electrons. The first-order chi connectivity index (χ1) is 13.0. The number of hydrogen-bond acceptors (Lipinski definition) is 5. The third kappa shape index (κ3) is 4.71. The summed E-state index contributed by atoms with van der Waals surface area (Å²) < 4.78 is 0. The molecule has 0 aliphatic carbocycles. The summed E-state index contributed by atoms with van der Waals surface area (Å²) in [7, 11) is 3.83. The average molecular weight is 380 g/mol. The molecule has 2 amide bonds. The highest BCUT2D eigenvalue weighted by Crippen LogP contribution is 2.18. The number of para-hydroxylation sites is 1. The molecule has 7 heteroatoms. The summed E-state index contributed by atoms with van der Waals surface area (Å²) >= 11 is 1.35. The Balaban J connectivity index is 1.70. The van der Waals surface area contributed by atoms with Crippen molar-refractivity contribution in [3.05, 3.63) is 76.1 Å². The molecule has 2 aromatic heterocycles. The maximum Gasteiger partial charge on any atom is 0.265 e. The van der Waals surface area contributed by atoms with E-state index in [0.29, 0.717) is 22.7 Å². The number of anilines is 2. The largest absolute Gasteiger partial charge is 0.363 e. The molecule has 0 radical (unpaired) electrons. The second-order valence-corrected chi connectivity index (χ2v) is 7.02. The minimum absolute atomic E-state index is 0.227. The SMILES string of the molecule is CN(C)c1cc(CNC(=O)c2ccccc2NC(=O)c2cccs2)ccn1. The Morgan fingerprint density at radius 2 is 1.89 bits per heavy atom. The number of thiophene rings is 1. The van der Waals surface area contributed by atoms with Crippen LogP contribution in [-0.2, 0) is 6.54 Å². The number of rotatable bonds is 6. The van der Waals surface area contributed by atoms with Crippen molar-refractivity contribution in [3.8, 4) is 0 Å². The van der Waals surface area contributed by atoms with Crippen LogP contribution in [0.15, 0.2) is 60.1 Å². The van der Waals surface area contributed by atoms with Gasteiger partial charge in [-0.15, -0.1) is 11.3 Å². The van der Waals surface area contributed by atoms with E-state index in [-0.39, 0.29) is 11.8 Å². The van der Waals surface area contributed by atoms with Gasteiger partial charge in [0.2, 0.25) is 0 Å². The van der Waals surface area contributed by atoms with Crippen LogP contribution in [0.4, 0.5) is 11.5 Å². The number of carbonyl (C=O) groups is 2. The molecule has 0 saturated carbocycles. The molecule has 0 atom stereocenters. The zero-order valence-corrected chi connectivity index (χ0v) is 15.9. The van der Waals surface area contributed by atoms with Crippen molar-refractivity contribution in [2.24, 2.45) is 0 Å². The lowest BCUT2D eigenvalue weighted by Crippen LogP contribution is -2.25. The van der Waals surface area contributed by atoms with E-state index in [1.54, 1.807) is 36.5 Å². The zero-order chi connectivity index (χ0) is 19.2. The molecule has 0 aliphatic heterocycles. The smallest absolute Gasteiger partial charge is 0.265 e. The maximum absolute atomic E-state index is 12.6. The summed E-state index contributed by atoms with van der Waals surface area (Å²) in [5, 5.41) is 7.54. The first-order valence-electron chi connectivity index (χ1n) is 8.39. The standard InChI is InChI=1S/C20H20N4O2S/c1-24(2)18-12-14(9-10-21-18)13-22-19(25)15-6-3-4-7-16(15)23-20(26)17-8-5-11-27-17/h3-12H,13H2,1-2H3,(H,22,25)(H,23,26). The van der Waals surface area contributed by atoms with Crippen molar-refractivity contribution in [1.82, 2.24) is 10.3 Å². The van der Waals surface area contributed by atoms with Crippen LogP contribution in [0.3, 0.4) is 0 Å². The number of benzene rings is 1. The van der Waals surface area contributed by atoms with Crippen molar-refractivity contribution in [2.75, 3.05) is 24.3 Å². The molecule has 0 aliphatic rings. The van der Waals surface area contributed by atoms with E-state index in [0.717, 1.165) is 11.4 Å². The fourth-order valence-corrected chi connectivity index (χ4v) is 3.09. The van der Waals surface area contributed by atoms with Gasteiger partial charge >= 0.3 is 0 Å². The molecule has 27 heavy (non-hydrogen) atoms. The van der Waals surface area contributed by atoms with Crippen molar-refractivity contribution < 1.29 is 9.59 Å². The summed E-state index contributed by atoms with van der Waals surface area (Å²) in [6.45, 7) is 0.370. The summed E-state index contributed by atoms with van der Waals surface area (Å²) in [6, 6.07) is 14.3. The van der Waals surface area contributed by atoms with Crippen LogP contribution in [0.5, 0.6) is 0 Å². The van der Waals surface area contributed by atoms with Gasteiger partial charge in [0.05, 0.1) is 16.1 Å². The van der Waals surface area contributed by atoms with Gasteiger partial charge in [0.15, 0.2) is 0 Å². The summed E-state index contributed by atoms with van der Waals surface area (Å²) in [5.74, 6) is 0.348. The predicted octanol–water partition coefficient (Wildman–Crippen LogP) is 3.39. The van der Waals surface area contributed by atoms with Gasteiger partial charge < -0.3 is 15.5 Å². The molecule has 0 fully saturated rings. The van der Waals surface area contributed by atoms with Gasteiger partial charge in [-0.05, 0) is 41.3 Å². The first kappa shape index (κ1) is 18.6. The molecule has 0 bridgehead atoms. The van der Waals surface area contributed by atoms with Crippen LogP contribution in [0.2, 0.25) is 0 Å². The minimum Gasteiger partial charge on any atom is -0.363 e. The summed E-state index contributed by atoms with van der Waals surface area (Å²) in [5.41, 5.74) is 1.85. The Bertz CT molecular complexity index is 939. The van der Waals surface area contributed by atoms with E-state index >= 15 is 0 Å². The molecule has 3 rings (SSSR count). The monoisotopic (exact) mass is 380 g/mol. The molecule has 1 aromatic carbocycles. The highest BCUT2D eigenvalue weighted by Gasteiger charge is 2.14. The van der Waals surface area contributed by atoms with E-state index in [2.05, 4.69) is 15.6 Å². The van der Waals surface area contributed by atoms with Crippen molar-refractivity contribution in [1.29, 1.82) is 0 Å². The number of carbonyl (C=O) groups excluding carboxylic acids is 2. The number of aromatic nitrogens is 1. The summed E-state index contributed by atoms with van der Waals surface area (Å²) in [4.78, 5) is 31.7. The van der Waals surface area contributed by atoms with Crippen LogP contribution in [0.1, 0.15) is 25.6 Å². The van der Waals surface area contributed by atoms with E-state index in [1.165, 1.54) is 11.3 Å². The lowest BCUT2D eigenvalue weighted by molar-refractivity contribution is 0.0952. The van der Waals surface area contributed by atoms with E-state index < -0.39 is 0 Å². The van der Waals surface area contributed by atoms with Crippen LogP contribution < -0.4 is 15.5 Å². The maximum atomic E-state index is 12.6. The second-order valence-electron chi connectivity index (χ2n) is 6.08. The van der Waals surface area contributed by atoms with Gasteiger partial charge in [-0.25, -0.2) is 4.98 Å². The molecule has 3 aromatic rings. The normalized spacial score (nSPS) is 10.3. The van der Waals surface area contributed by atoms with Gasteiger partial charge in [-0.2, -0.15) is 0 Å². The van der Waals surface area contributed by atoms with Crippen LogP contribution in [0, 0.1) is 0 Å². The third-order valence-corrected chi connectivity index (χ3v) is 4.75. The number of pyridine rings is 1. The fourth-order valence-electron chi connectivity index (χ4n) is 2.47. The van der Waals surface area contributed by atoms with Crippen molar-refractivity contribution in [2.45, 2.75) is 6.54 Å². The van der Waals surface area contributed by atoms with Crippen molar-refractivity contribution in [3.63, 3.8) is 0 Å². The van der Waals surface area contributed by atoms with E-state index in [4.69, 9.17) is 0 Å². The Hall–Kier alpha value is -3.19. The Morgan fingerprint density at radius 1 is 1.07 bits per heavy atom. The third-order valence-electron chi connectivity index (χ3n) is 3.89. The quantitative estimate of drug-likeness (QED) is 0.687.